The van der Waals surface area contributed by atoms with Crippen molar-refractivity contribution < 1.29 is 13.6 Å². The number of Topliss-reactive ketones (excluding diaryl/α,β-unsaturated/α-hetero) is 1. The third-order valence-electron chi connectivity index (χ3n) is 2.25. The fourth-order valence-electron chi connectivity index (χ4n) is 1.37. The molecule has 0 unspecified atom stereocenters. The lowest BCUT2D eigenvalue weighted by atomic mass is 10.1. The van der Waals surface area contributed by atoms with E-state index in [1.54, 1.807) is 13.0 Å². The van der Waals surface area contributed by atoms with Crippen LogP contribution in [0.3, 0.4) is 0 Å². The molecule has 0 aliphatic rings. The Bertz CT molecular complexity index is 552. The Hall–Kier alpha value is -1.62. The largest absolute Gasteiger partial charge is 0.440 e. The molecule has 1 heterocycles. The van der Waals surface area contributed by atoms with Crippen molar-refractivity contribution in [3.8, 4) is 0 Å². The topological polar surface area (TPSA) is 43.1 Å². The quantitative estimate of drug-likeness (QED) is 0.783. The summed E-state index contributed by atoms with van der Waals surface area (Å²) < 4.78 is 18.5. The van der Waals surface area contributed by atoms with E-state index in [1.165, 1.54) is 37.2 Å². The maximum absolute atomic E-state index is 13.4. The van der Waals surface area contributed by atoms with Crippen molar-refractivity contribution in [3.63, 3.8) is 0 Å². The highest BCUT2D eigenvalue weighted by Gasteiger charge is 2.14. The van der Waals surface area contributed by atoms with Gasteiger partial charge in [-0.05, 0) is 43.3 Å². The summed E-state index contributed by atoms with van der Waals surface area (Å²) in [7, 11) is 0. The number of rotatable bonds is 3. The Morgan fingerprint density at radius 1 is 1.47 bits per heavy atom. The lowest BCUT2D eigenvalue weighted by molar-refractivity contribution is 0.101. The van der Waals surface area contributed by atoms with Crippen molar-refractivity contribution in [2.24, 2.45) is 0 Å². The molecule has 1 aromatic carbocycles. The first-order chi connectivity index (χ1) is 8.08. The number of halogens is 1. The van der Waals surface area contributed by atoms with Gasteiger partial charge in [0.1, 0.15) is 12.1 Å². The fourth-order valence-corrected chi connectivity index (χ4v) is 2.32. The lowest BCUT2D eigenvalue weighted by Gasteiger charge is -2.06. The summed E-state index contributed by atoms with van der Waals surface area (Å²) in [6.45, 7) is 3.06. The van der Waals surface area contributed by atoms with Crippen molar-refractivity contribution in [1.29, 1.82) is 0 Å². The smallest absolute Gasteiger partial charge is 0.260 e. The van der Waals surface area contributed by atoms with Crippen LogP contribution in [0.15, 0.2) is 39.1 Å². The molecule has 5 heteroatoms. The number of aromatic nitrogens is 1. The van der Waals surface area contributed by atoms with Gasteiger partial charge in [0.2, 0.25) is 0 Å². The second kappa shape index (κ2) is 4.71. The van der Waals surface area contributed by atoms with Crippen molar-refractivity contribution in [3.05, 3.63) is 41.5 Å². The SMILES string of the molecule is CC(=O)c1cc(F)c(C)cc1Sc1ncco1. The molecule has 0 aliphatic carbocycles. The molecular weight excluding hydrogens is 241 g/mol. The first-order valence-corrected chi connectivity index (χ1v) is 5.78. The number of carbonyl (C=O) groups excluding carboxylic acids is 1. The molecular formula is C12H10FNO2S. The van der Waals surface area contributed by atoms with Gasteiger partial charge in [-0.15, -0.1) is 0 Å². The fraction of sp³-hybridized carbons (Fsp3) is 0.167. The van der Waals surface area contributed by atoms with Gasteiger partial charge in [-0.1, -0.05) is 0 Å². The Balaban J connectivity index is 2.44. The Morgan fingerprint density at radius 2 is 2.24 bits per heavy atom. The molecule has 0 saturated carbocycles. The monoisotopic (exact) mass is 251 g/mol. The predicted octanol–water partition coefficient (Wildman–Crippen LogP) is 3.48. The first-order valence-electron chi connectivity index (χ1n) is 4.96. The van der Waals surface area contributed by atoms with Crippen LogP contribution < -0.4 is 0 Å². The second-order valence-electron chi connectivity index (χ2n) is 3.55. The van der Waals surface area contributed by atoms with Crippen molar-refractivity contribution in [2.45, 2.75) is 24.0 Å². The molecule has 88 valence electrons. The molecule has 1 aromatic heterocycles. The summed E-state index contributed by atoms with van der Waals surface area (Å²) in [5.41, 5.74) is 0.834. The van der Waals surface area contributed by atoms with Crippen LogP contribution in [0, 0.1) is 12.7 Å². The minimum Gasteiger partial charge on any atom is -0.440 e. The van der Waals surface area contributed by atoms with E-state index < -0.39 is 0 Å². The summed E-state index contributed by atoms with van der Waals surface area (Å²) >= 11 is 1.21. The number of aryl methyl sites for hydroxylation is 1. The third-order valence-corrected chi connectivity index (χ3v) is 3.18. The maximum atomic E-state index is 13.4. The van der Waals surface area contributed by atoms with Crippen molar-refractivity contribution in [1.82, 2.24) is 4.98 Å². The van der Waals surface area contributed by atoms with Gasteiger partial charge in [0.25, 0.3) is 5.22 Å². The summed E-state index contributed by atoms with van der Waals surface area (Å²) in [6.07, 6.45) is 2.97. The van der Waals surface area contributed by atoms with Gasteiger partial charge in [-0.25, -0.2) is 9.37 Å². The molecule has 0 radical (unpaired) electrons. The highest BCUT2D eigenvalue weighted by atomic mass is 32.2. The van der Waals surface area contributed by atoms with Crippen LogP contribution in [0.25, 0.3) is 0 Å². The van der Waals surface area contributed by atoms with Crippen LogP contribution in [0.4, 0.5) is 4.39 Å². The number of carbonyl (C=O) groups is 1. The number of nitrogens with zero attached hydrogens (tertiary/aromatic N) is 1. The zero-order valence-electron chi connectivity index (χ0n) is 9.36. The molecule has 2 rings (SSSR count). The maximum Gasteiger partial charge on any atom is 0.260 e. The molecule has 2 aromatic rings. The number of benzene rings is 1. The van der Waals surface area contributed by atoms with E-state index in [0.717, 1.165) is 0 Å². The van der Waals surface area contributed by atoms with Crippen LogP contribution in [0.2, 0.25) is 0 Å². The number of hydrogen-bond acceptors (Lipinski definition) is 4. The molecule has 3 nitrogen and oxygen atoms in total. The summed E-state index contributed by atoms with van der Waals surface area (Å²) in [5.74, 6) is -0.565. The molecule has 0 aliphatic heterocycles. The number of hydrogen-bond donors (Lipinski definition) is 0. The standard InChI is InChI=1S/C12H10FNO2S/c1-7-5-11(17-12-14-3-4-16-12)9(8(2)15)6-10(7)13/h3-6H,1-2H3. The number of ketones is 1. The van der Waals surface area contributed by atoms with E-state index in [4.69, 9.17) is 4.42 Å². The van der Waals surface area contributed by atoms with Crippen LogP contribution in [-0.4, -0.2) is 10.8 Å². The third kappa shape index (κ3) is 2.55. The molecule has 0 bridgehead atoms. The Labute approximate surface area is 102 Å². The van der Waals surface area contributed by atoms with E-state index in [2.05, 4.69) is 4.98 Å². The summed E-state index contributed by atoms with van der Waals surface area (Å²) in [4.78, 5) is 16.0. The van der Waals surface area contributed by atoms with Crippen molar-refractivity contribution in [2.75, 3.05) is 0 Å². The molecule has 17 heavy (non-hydrogen) atoms. The van der Waals surface area contributed by atoms with Gasteiger partial charge >= 0.3 is 0 Å². The highest BCUT2D eigenvalue weighted by molar-refractivity contribution is 7.99. The van der Waals surface area contributed by atoms with Crippen LogP contribution >= 0.6 is 11.8 Å². The van der Waals surface area contributed by atoms with E-state index in [1.807, 2.05) is 0 Å². The van der Waals surface area contributed by atoms with E-state index in [9.17, 15) is 9.18 Å². The first kappa shape index (κ1) is 11.9. The molecule has 0 N–H and O–H groups in total. The van der Waals surface area contributed by atoms with E-state index >= 15 is 0 Å². The summed E-state index contributed by atoms with van der Waals surface area (Å²) in [5, 5.41) is 0.429. The highest BCUT2D eigenvalue weighted by Crippen LogP contribution is 2.31. The minimum atomic E-state index is -0.382. The Morgan fingerprint density at radius 3 is 2.82 bits per heavy atom. The molecule has 0 saturated heterocycles. The second-order valence-corrected chi connectivity index (χ2v) is 4.55. The van der Waals surface area contributed by atoms with Gasteiger partial charge < -0.3 is 4.42 Å². The lowest BCUT2D eigenvalue weighted by Crippen LogP contribution is -1.98. The summed E-state index contributed by atoms with van der Waals surface area (Å²) in [6, 6.07) is 2.88. The van der Waals surface area contributed by atoms with Gasteiger partial charge in [-0.2, -0.15) is 0 Å². The van der Waals surface area contributed by atoms with Crippen molar-refractivity contribution >= 4 is 17.5 Å². The number of oxazole rings is 1. The van der Waals surface area contributed by atoms with Gasteiger partial charge in [0, 0.05) is 10.5 Å². The van der Waals surface area contributed by atoms with E-state index in [-0.39, 0.29) is 11.6 Å². The Kier molecular flexibility index (Phi) is 3.28. The van der Waals surface area contributed by atoms with Crippen LogP contribution in [0.1, 0.15) is 22.8 Å². The predicted molar refractivity (Wildman–Crippen MR) is 61.8 cm³/mol. The normalized spacial score (nSPS) is 10.5. The zero-order valence-corrected chi connectivity index (χ0v) is 10.2. The van der Waals surface area contributed by atoms with Crippen LogP contribution in [0.5, 0.6) is 0 Å². The average Bonchev–Trinajstić information content (AvgIpc) is 2.75. The molecule has 0 atom stereocenters. The average molecular weight is 251 g/mol. The van der Waals surface area contributed by atoms with Gasteiger partial charge in [0.15, 0.2) is 5.78 Å². The molecule has 0 spiro atoms. The minimum absolute atomic E-state index is 0.182. The van der Waals surface area contributed by atoms with Gasteiger partial charge in [-0.3, -0.25) is 4.79 Å². The zero-order chi connectivity index (χ0) is 12.4. The van der Waals surface area contributed by atoms with Crippen LogP contribution in [-0.2, 0) is 0 Å². The van der Waals surface area contributed by atoms with Gasteiger partial charge in [0.05, 0.1) is 6.20 Å². The molecule has 0 fully saturated rings. The van der Waals surface area contributed by atoms with E-state index in [0.29, 0.717) is 21.2 Å². The molecule has 0 amide bonds.